The van der Waals surface area contributed by atoms with E-state index in [1.165, 1.54) is 6.42 Å². The second-order valence-corrected chi connectivity index (χ2v) is 7.99. The van der Waals surface area contributed by atoms with Gasteiger partial charge in [0.05, 0.1) is 11.7 Å². The average molecular weight is 447 g/mol. The fraction of sp³-hybridized carbons (Fsp3) is 0.526. The second kappa shape index (κ2) is 7.81. The minimum absolute atomic E-state index is 0.0360. The number of hydrogen-bond donors (Lipinski definition) is 1. The number of anilines is 2. The van der Waals surface area contributed by atoms with Gasteiger partial charge in [-0.3, -0.25) is 0 Å². The van der Waals surface area contributed by atoms with Crippen molar-refractivity contribution in [1.82, 2.24) is 24.5 Å². The lowest BCUT2D eigenvalue weighted by Crippen LogP contribution is -2.19. The summed E-state index contributed by atoms with van der Waals surface area (Å²) in [5.41, 5.74) is 2.00. The van der Waals surface area contributed by atoms with Crippen LogP contribution < -0.4 is 5.32 Å². The van der Waals surface area contributed by atoms with E-state index in [1.54, 1.807) is 4.68 Å². The Morgan fingerprint density at radius 1 is 1.00 bits per heavy atom. The van der Waals surface area contributed by atoms with E-state index in [2.05, 4.69) is 48.6 Å². The Balaban J connectivity index is 1.35. The highest BCUT2D eigenvalue weighted by Crippen LogP contribution is 2.29. The molecule has 148 valence electrons. The lowest BCUT2D eigenvalue weighted by atomic mass is 10.2. The first-order valence-electron chi connectivity index (χ1n) is 9.87. The van der Waals surface area contributed by atoms with Crippen molar-refractivity contribution < 1.29 is 9.47 Å². The molecule has 8 nitrogen and oxygen atoms in total. The molecule has 0 saturated carbocycles. The first-order chi connectivity index (χ1) is 13.8. The number of hydrogen-bond acceptors (Lipinski definition) is 6. The minimum atomic E-state index is -0.0534. The van der Waals surface area contributed by atoms with E-state index in [0.717, 1.165) is 61.9 Å². The van der Waals surface area contributed by atoms with Crippen LogP contribution in [0.3, 0.4) is 0 Å². The summed E-state index contributed by atoms with van der Waals surface area (Å²) in [6, 6.07) is 6.15. The zero-order valence-electron chi connectivity index (χ0n) is 15.6. The summed E-state index contributed by atoms with van der Waals surface area (Å²) in [6.07, 6.45) is 8.39. The summed E-state index contributed by atoms with van der Waals surface area (Å²) in [6.45, 7) is 1.57. The topological polar surface area (TPSA) is 79.0 Å². The SMILES string of the molecule is Brc1nc(Nc2ccc3c(cnn3C3CCCCO3)c2)nn1C1CCCCO1. The molecular formula is C19H23BrN6O2. The smallest absolute Gasteiger partial charge is 0.247 e. The van der Waals surface area contributed by atoms with Gasteiger partial charge >= 0.3 is 0 Å². The van der Waals surface area contributed by atoms with E-state index in [-0.39, 0.29) is 12.5 Å². The minimum Gasteiger partial charge on any atom is -0.356 e. The Hall–Kier alpha value is -1.97. The summed E-state index contributed by atoms with van der Waals surface area (Å²) in [5.74, 6) is 0.545. The summed E-state index contributed by atoms with van der Waals surface area (Å²) >= 11 is 3.50. The molecule has 2 atom stereocenters. The molecule has 0 radical (unpaired) electrons. The molecule has 2 saturated heterocycles. The third-order valence-corrected chi connectivity index (χ3v) is 5.84. The summed E-state index contributed by atoms with van der Waals surface area (Å²) in [7, 11) is 0. The van der Waals surface area contributed by atoms with Crippen LogP contribution >= 0.6 is 15.9 Å². The molecule has 5 rings (SSSR count). The third-order valence-electron chi connectivity index (χ3n) is 5.30. The van der Waals surface area contributed by atoms with Gasteiger partial charge in [0, 0.05) is 24.3 Å². The first-order valence-corrected chi connectivity index (χ1v) is 10.7. The number of nitrogens with zero attached hydrogens (tertiary/aromatic N) is 5. The molecule has 0 amide bonds. The van der Waals surface area contributed by atoms with Crippen LogP contribution in [-0.4, -0.2) is 37.8 Å². The van der Waals surface area contributed by atoms with E-state index in [1.807, 2.05) is 16.9 Å². The van der Waals surface area contributed by atoms with Crippen molar-refractivity contribution in [2.24, 2.45) is 0 Å². The summed E-state index contributed by atoms with van der Waals surface area (Å²) in [5, 5.41) is 13.5. The lowest BCUT2D eigenvalue weighted by Gasteiger charge is -2.23. The van der Waals surface area contributed by atoms with E-state index < -0.39 is 0 Å². The molecule has 2 fully saturated rings. The summed E-state index contributed by atoms with van der Waals surface area (Å²) in [4.78, 5) is 4.48. The van der Waals surface area contributed by atoms with Crippen molar-refractivity contribution in [2.75, 3.05) is 18.5 Å². The Kier molecular flexibility index (Phi) is 5.04. The Bertz CT molecular complexity index is 959. The fourth-order valence-electron chi connectivity index (χ4n) is 3.86. The van der Waals surface area contributed by atoms with Gasteiger partial charge in [0.25, 0.3) is 0 Å². The van der Waals surface area contributed by atoms with Crippen LogP contribution in [0.15, 0.2) is 29.1 Å². The van der Waals surface area contributed by atoms with Gasteiger partial charge < -0.3 is 14.8 Å². The molecule has 9 heteroatoms. The number of halogens is 1. The normalized spacial score (nSPS) is 23.2. The van der Waals surface area contributed by atoms with Crippen molar-refractivity contribution in [2.45, 2.75) is 51.0 Å². The molecule has 0 spiro atoms. The average Bonchev–Trinajstić information content (AvgIpc) is 3.32. The largest absolute Gasteiger partial charge is 0.356 e. The van der Waals surface area contributed by atoms with Gasteiger partial charge in [0.1, 0.15) is 0 Å². The van der Waals surface area contributed by atoms with E-state index in [9.17, 15) is 0 Å². The van der Waals surface area contributed by atoms with Gasteiger partial charge in [-0.1, -0.05) is 0 Å². The highest BCUT2D eigenvalue weighted by atomic mass is 79.9. The zero-order chi connectivity index (χ0) is 18.9. The number of nitrogens with one attached hydrogen (secondary N) is 1. The van der Waals surface area contributed by atoms with Crippen LogP contribution in [0, 0.1) is 0 Å². The molecule has 2 aliphatic heterocycles. The number of fused-ring (bicyclic) bond motifs is 1. The van der Waals surface area contributed by atoms with Crippen molar-refractivity contribution in [3.8, 4) is 0 Å². The van der Waals surface area contributed by atoms with Crippen LogP contribution in [0.2, 0.25) is 0 Å². The predicted molar refractivity (Wildman–Crippen MR) is 108 cm³/mol. The lowest BCUT2D eigenvalue weighted by molar-refractivity contribution is -0.0410. The first kappa shape index (κ1) is 18.1. The van der Waals surface area contributed by atoms with Crippen molar-refractivity contribution in [3.63, 3.8) is 0 Å². The van der Waals surface area contributed by atoms with Crippen molar-refractivity contribution in [1.29, 1.82) is 0 Å². The Morgan fingerprint density at radius 3 is 2.46 bits per heavy atom. The maximum Gasteiger partial charge on any atom is 0.247 e. The Morgan fingerprint density at radius 2 is 1.75 bits per heavy atom. The molecule has 28 heavy (non-hydrogen) atoms. The molecule has 2 aliphatic rings. The standard InChI is InChI=1S/C19H23BrN6O2/c20-18-23-19(24-26(18)17-6-2-4-10-28-17)22-14-7-8-15-13(11-14)12-21-25(15)16-5-1-3-9-27-16/h7-8,11-12,16-17H,1-6,9-10H2,(H,22,24). The molecule has 0 aliphatic carbocycles. The monoisotopic (exact) mass is 446 g/mol. The van der Waals surface area contributed by atoms with Gasteiger partial charge in [0.15, 0.2) is 17.2 Å². The van der Waals surface area contributed by atoms with Crippen LogP contribution in [0.5, 0.6) is 0 Å². The van der Waals surface area contributed by atoms with Crippen LogP contribution in [-0.2, 0) is 9.47 Å². The molecule has 4 heterocycles. The van der Waals surface area contributed by atoms with Gasteiger partial charge in [-0.25, -0.2) is 9.36 Å². The molecular weight excluding hydrogens is 424 g/mol. The molecule has 3 aromatic rings. The molecule has 2 aromatic heterocycles. The van der Waals surface area contributed by atoms with Crippen LogP contribution in [0.1, 0.15) is 51.0 Å². The summed E-state index contributed by atoms with van der Waals surface area (Å²) < 4.78 is 16.1. The fourth-order valence-corrected chi connectivity index (χ4v) is 4.34. The van der Waals surface area contributed by atoms with Gasteiger partial charge in [-0.15, -0.1) is 5.10 Å². The molecule has 2 unspecified atom stereocenters. The zero-order valence-corrected chi connectivity index (χ0v) is 17.1. The third kappa shape index (κ3) is 3.54. The van der Waals surface area contributed by atoms with Crippen LogP contribution in [0.4, 0.5) is 11.6 Å². The number of rotatable bonds is 4. The molecule has 1 N–H and O–H groups in total. The maximum absolute atomic E-state index is 5.87. The van der Waals surface area contributed by atoms with Gasteiger partial charge in [0.2, 0.25) is 5.95 Å². The van der Waals surface area contributed by atoms with E-state index in [0.29, 0.717) is 10.7 Å². The second-order valence-electron chi connectivity index (χ2n) is 7.28. The number of benzene rings is 1. The van der Waals surface area contributed by atoms with Crippen LogP contribution in [0.25, 0.3) is 10.9 Å². The quantitative estimate of drug-likeness (QED) is 0.633. The van der Waals surface area contributed by atoms with Crippen molar-refractivity contribution >= 4 is 38.5 Å². The molecule has 1 aromatic carbocycles. The van der Waals surface area contributed by atoms with Gasteiger partial charge in [-0.2, -0.15) is 10.1 Å². The Labute approximate surface area is 171 Å². The van der Waals surface area contributed by atoms with Crippen molar-refractivity contribution in [3.05, 3.63) is 29.1 Å². The van der Waals surface area contributed by atoms with E-state index >= 15 is 0 Å². The maximum atomic E-state index is 5.87. The highest BCUT2D eigenvalue weighted by Gasteiger charge is 2.21. The molecule has 0 bridgehead atoms. The predicted octanol–water partition coefficient (Wildman–Crippen LogP) is 4.53. The van der Waals surface area contributed by atoms with Gasteiger partial charge in [-0.05, 0) is 72.7 Å². The highest BCUT2D eigenvalue weighted by molar-refractivity contribution is 9.10. The van der Waals surface area contributed by atoms with E-state index in [4.69, 9.17) is 9.47 Å². The number of aromatic nitrogens is 5. The number of ether oxygens (including phenoxy) is 2.